The molecule has 0 saturated heterocycles. The number of amides is 1. The van der Waals surface area contributed by atoms with Crippen LogP contribution in [-0.2, 0) is 16.9 Å². The Balaban J connectivity index is 2.05. The number of carbonyl (C=O) groups is 1. The number of hydrogen-bond acceptors (Lipinski definition) is 2. The van der Waals surface area contributed by atoms with Crippen molar-refractivity contribution in [2.75, 3.05) is 0 Å². The van der Waals surface area contributed by atoms with Crippen LogP contribution in [0.15, 0.2) is 30.0 Å². The van der Waals surface area contributed by atoms with Crippen LogP contribution in [-0.4, -0.2) is 11.4 Å². The van der Waals surface area contributed by atoms with Crippen LogP contribution < -0.4 is 10.1 Å². The molecule has 1 aromatic carbocycles. The highest BCUT2D eigenvalue weighted by molar-refractivity contribution is 7.17. The number of allylic oxidation sites excluding steroid dienone is 1. The van der Waals surface area contributed by atoms with E-state index >= 15 is 0 Å². The van der Waals surface area contributed by atoms with Gasteiger partial charge >= 0.3 is 0 Å². The lowest BCUT2D eigenvalue weighted by Crippen LogP contribution is -2.41. The number of ether oxygens (including phenoxy) is 1. The van der Waals surface area contributed by atoms with Gasteiger partial charge in [0.1, 0.15) is 5.75 Å². The summed E-state index contributed by atoms with van der Waals surface area (Å²) >= 11 is 0. The van der Waals surface area contributed by atoms with Crippen LogP contribution in [0, 0.1) is 0 Å². The maximum absolute atomic E-state index is 13.5. The molecule has 1 fully saturated rings. The third-order valence-electron chi connectivity index (χ3n) is 3.91. The van der Waals surface area contributed by atoms with E-state index < -0.39 is 5.66 Å². The molecule has 1 aromatic rings. The Bertz CT molecular complexity index is 633. The van der Waals surface area contributed by atoms with Crippen LogP contribution in [0.1, 0.15) is 30.9 Å². The Kier molecular flexibility index (Phi) is 3.28. The molecule has 1 heterocycles. The molecule has 1 spiro atoms. The summed E-state index contributed by atoms with van der Waals surface area (Å²) < 4.78 is 32.5. The maximum atomic E-state index is 13.5. The second-order valence-electron chi connectivity index (χ2n) is 5.61. The van der Waals surface area contributed by atoms with E-state index in [1.54, 1.807) is 22.2 Å². The predicted octanol–water partition coefficient (Wildman–Crippen LogP) is 3.10. The normalized spacial score (nSPS) is 22.1. The number of nitrogens with one attached hydrogen (secondary N) is 1. The molecule has 112 valence electrons. The zero-order valence-corrected chi connectivity index (χ0v) is 12.7. The summed E-state index contributed by atoms with van der Waals surface area (Å²) in [5, 5.41) is 2.94. The molecule has 1 saturated carbocycles. The number of hydrogen-bond donors (Lipinski definition) is 1. The standard InChI is InChI=1S/C15H16F2NO2P/c1-2-11-13(19)18-14(5-6-14)8-9-7-10(15(16,17)21)3-4-12(9)20-11/h2-4,7H,5-6,8,21H2,1H3,(H,18,19)/b11-2+. The van der Waals surface area contributed by atoms with Gasteiger partial charge in [-0.1, -0.05) is 9.24 Å². The van der Waals surface area contributed by atoms with E-state index in [0.29, 0.717) is 17.7 Å². The molecule has 3 nitrogen and oxygen atoms in total. The van der Waals surface area contributed by atoms with Gasteiger partial charge in [-0.3, -0.25) is 4.79 Å². The number of carbonyl (C=O) groups excluding carboxylic acids is 1. The van der Waals surface area contributed by atoms with Crippen molar-refractivity contribution in [2.45, 2.75) is 37.4 Å². The molecule has 1 amide bonds. The van der Waals surface area contributed by atoms with Crippen LogP contribution in [0.2, 0.25) is 0 Å². The van der Waals surface area contributed by atoms with Crippen LogP contribution >= 0.6 is 9.24 Å². The Morgan fingerprint density at radius 3 is 2.71 bits per heavy atom. The van der Waals surface area contributed by atoms with Gasteiger partial charge in [0.05, 0.1) is 0 Å². The van der Waals surface area contributed by atoms with Gasteiger partial charge in [-0.2, -0.15) is 8.78 Å². The summed E-state index contributed by atoms with van der Waals surface area (Å²) in [6.45, 7) is 1.71. The predicted molar refractivity (Wildman–Crippen MR) is 78.2 cm³/mol. The fraction of sp³-hybridized carbons (Fsp3) is 0.400. The van der Waals surface area contributed by atoms with Gasteiger partial charge in [-0.15, -0.1) is 0 Å². The minimum atomic E-state index is -2.97. The second-order valence-corrected chi connectivity index (χ2v) is 6.34. The molecule has 1 aliphatic carbocycles. The number of halogens is 2. The molecule has 1 atom stereocenters. The average Bonchev–Trinajstić information content (AvgIpc) is 3.14. The van der Waals surface area contributed by atoms with Gasteiger partial charge in [-0.25, -0.2) is 0 Å². The van der Waals surface area contributed by atoms with E-state index in [1.165, 1.54) is 18.2 Å². The van der Waals surface area contributed by atoms with Crippen molar-refractivity contribution < 1.29 is 18.3 Å². The average molecular weight is 311 g/mol. The molecule has 0 radical (unpaired) electrons. The first-order valence-electron chi connectivity index (χ1n) is 6.80. The highest BCUT2D eigenvalue weighted by Crippen LogP contribution is 2.44. The molecular weight excluding hydrogens is 295 g/mol. The molecule has 21 heavy (non-hydrogen) atoms. The Morgan fingerprint density at radius 2 is 2.14 bits per heavy atom. The minimum Gasteiger partial charge on any atom is -0.452 e. The fourth-order valence-electron chi connectivity index (χ4n) is 2.54. The van der Waals surface area contributed by atoms with E-state index in [1.807, 2.05) is 0 Å². The Hall–Kier alpha value is -1.48. The number of rotatable bonds is 1. The molecule has 1 aliphatic heterocycles. The summed E-state index contributed by atoms with van der Waals surface area (Å²) in [7, 11) is 1.54. The van der Waals surface area contributed by atoms with Crippen LogP contribution in [0.3, 0.4) is 0 Å². The van der Waals surface area contributed by atoms with Gasteiger partial charge in [-0.05, 0) is 56.0 Å². The largest absolute Gasteiger partial charge is 0.452 e. The fourth-order valence-corrected chi connectivity index (χ4v) is 2.72. The SMILES string of the molecule is C/C=C1/Oc2ccc(C(F)(F)P)cc2CC2(CC2)NC1=O. The lowest BCUT2D eigenvalue weighted by Gasteiger charge is -2.25. The lowest BCUT2D eigenvalue weighted by atomic mass is 9.99. The van der Waals surface area contributed by atoms with Crippen molar-refractivity contribution in [1.29, 1.82) is 0 Å². The van der Waals surface area contributed by atoms with Crippen molar-refractivity contribution in [1.82, 2.24) is 5.32 Å². The Morgan fingerprint density at radius 1 is 1.43 bits per heavy atom. The molecular formula is C15H16F2NO2P. The van der Waals surface area contributed by atoms with E-state index in [9.17, 15) is 13.6 Å². The van der Waals surface area contributed by atoms with Gasteiger partial charge in [0.2, 0.25) is 0 Å². The molecule has 0 aromatic heterocycles. The molecule has 1 unspecified atom stereocenters. The smallest absolute Gasteiger partial charge is 0.287 e. The van der Waals surface area contributed by atoms with E-state index in [0.717, 1.165) is 12.8 Å². The van der Waals surface area contributed by atoms with Crippen molar-refractivity contribution >= 4 is 15.1 Å². The summed E-state index contributed by atoms with van der Waals surface area (Å²) in [6, 6.07) is 4.31. The first kappa shape index (κ1) is 14.5. The summed E-state index contributed by atoms with van der Waals surface area (Å²) in [5.74, 6) is 0.427. The van der Waals surface area contributed by atoms with Crippen LogP contribution in [0.25, 0.3) is 0 Å². The Labute approximate surface area is 124 Å². The zero-order chi connectivity index (χ0) is 15.3. The third kappa shape index (κ3) is 2.80. The van der Waals surface area contributed by atoms with Crippen molar-refractivity contribution in [2.24, 2.45) is 0 Å². The van der Waals surface area contributed by atoms with Crippen molar-refractivity contribution in [3.8, 4) is 5.75 Å². The number of fused-ring (bicyclic) bond motifs is 1. The zero-order valence-electron chi connectivity index (χ0n) is 11.6. The number of alkyl halides is 2. The second kappa shape index (κ2) is 4.77. The number of benzene rings is 1. The lowest BCUT2D eigenvalue weighted by molar-refractivity contribution is -0.120. The highest BCUT2D eigenvalue weighted by atomic mass is 31.0. The quantitative estimate of drug-likeness (QED) is 0.639. The van der Waals surface area contributed by atoms with E-state index in [4.69, 9.17) is 4.74 Å². The first-order valence-corrected chi connectivity index (χ1v) is 7.37. The van der Waals surface area contributed by atoms with Gasteiger partial charge in [0.25, 0.3) is 11.6 Å². The topological polar surface area (TPSA) is 38.3 Å². The summed E-state index contributed by atoms with van der Waals surface area (Å²) in [4.78, 5) is 12.1. The summed E-state index contributed by atoms with van der Waals surface area (Å²) in [6.07, 6.45) is 3.81. The van der Waals surface area contributed by atoms with Crippen molar-refractivity contribution in [3.05, 3.63) is 41.2 Å². The van der Waals surface area contributed by atoms with E-state index in [-0.39, 0.29) is 22.8 Å². The van der Waals surface area contributed by atoms with Gasteiger partial charge in [0.15, 0.2) is 5.76 Å². The summed E-state index contributed by atoms with van der Waals surface area (Å²) in [5.41, 5.74) is -2.65. The van der Waals surface area contributed by atoms with Crippen LogP contribution in [0.5, 0.6) is 5.75 Å². The van der Waals surface area contributed by atoms with Crippen LogP contribution in [0.4, 0.5) is 8.78 Å². The molecule has 6 heteroatoms. The first-order chi connectivity index (χ1) is 9.83. The van der Waals surface area contributed by atoms with Gasteiger partial charge < -0.3 is 10.1 Å². The molecule has 0 bridgehead atoms. The maximum Gasteiger partial charge on any atom is 0.287 e. The third-order valence-corrected chi connectivity index (χ3v) is 4.25. The highest BCUT2D eigenvalue weighted by Gasteiger charge is 2.46. The molecule has 1 N–H and O–H groups in total. The van der Waals surface area contributed by atoms with E-state index in [2.05, 4.69) is 5.32 Å². The monoisotopic (exact) mass is 311 g/mol. The van der Waals surface area contributed by atoms with Gasteiger partial charge in [0, 0.05) is 11.1 Å². The minimum absolute atomic E-state index is 0.0698. The van der Waals surface area contributed by atoms with Crippen molar-refractivity contribution in [3.63, 3.8) is 0 Å². The molecule has 3 rings (SSSR count). The molecule has 2 aliphatic rings.